The molecule has 0 bridgehead atoms. The van der Waals surface area contributed by atoms with Gasteiger partial charge < -0.3 is 9.73 Å². The highest BCUT2D eigenvalue weighted by atomic mass is 16.3. The molecule has 0 aliphatic carbocycles. The molecule has 0 amide bonds. The van der Waals surface area contributed by atoms with Crippen LogP contribution in [0.2, 0.25) is 0 Å². The third-order valence-electron chi connectivity index (χ3n) is 3.90. The Hall–Kier alpha value is -0.800. The molecule has 102 valence electrons. The van der Waals surface area contributed by atoms with Crippen LogP contribution in [0.25, 0.3) is 0 Å². The highest BCUT2D eigenvalue weighted by Crippen LogP contribution is 2.30. The maximum atomic E-state index is 5.63. The average Bonchev–Trinajstić information content (AvgIpc) is 2.66. The molecule has 0 radical (unpaired) electrons. The molecule has 1 aliphatic rings. The molecule has 1 N–H and O–H groups in total. The monoisotopic (exact) mass is 250 g/mol. The van der Waals surface area contributed by atoms with Gasteiger partial charge in [0.15, 0.2) is 0 Å². The Morgan fingerprint density at radius 2 is 2.17 bits per heavy atom. The van der Waals surface area contributed by atoms with E-state index in [2.05, 4.69) is 30.1 Å². The van der Waals surface area contributed by atoms with Crippen LogP contribution in [0.5, 0.6) is 0 Å². The molecule has 0 spiro atoms. The summed E-state index contributed by atoms with van der Waals surface area (Å²) in [6.07, 6.45) is 5.80. The van der Waals surface area contributed by atoms with Gasteiger partial charge in [-0.1, -0.05) is 13.8 Å². The molecule has 0 unspecified atom stereocenters. The van der Waals surface area contributed by atoms with Crippen molar-refractivity contribution in [2.24, 2.45) is 5.41 Å². The van der Waals surface area contributed by atoms with Gasteiger partial charge in [0.25, 0.3) is 0 Å². The molecule has 0 saturated carbocycles. The first-order valence-electron chi connectivity index (χ1n) is 7.02. The number of likely N-dealkylation sites (tertiary alicyclic amines) is 1. The number of rotatable bonds is 4. The Bertz CT molecular complexity index is 370. The van der Waals surface area contributed by atoms with Crippen LogP contribution in [0.1, 0.15) is 44.4 Å². The van der Waals surface area contributed by atoms with Gasteiger partial charge in [-0.05, 0) is 50.9 Å². The first kappa shape index (κ1) is 13.6. The van der Waals surface area contributed by atoms with E-state index >= 15 is 0 Å². The zero-order chi connectivity index (χ0) is 13.0. The van der Waals surface area contributed by atoms with Crippen LogP contribution in [0.15, 0.2) is 16.7 Å². The predicted molar refractivity (Wildman–Crippen MR) is 74.4 cm³/mol. The fourth-order valence-corrected chi connectivity index (χ4v) is 2.66. The van der Waals surface area contributed by atoms with E-state index in [-0.39, 0.29) is 0 Å². The lowest BCUT2D eigenvalue weighted by atomic mass is 9.85. The van der Waals surface area contributed by atoms with Gasteiger partial charge in [-0.2, -0.15) is 0 Å². The molecule has 0 atom stereocenters. The second-order valence-corrected chi connectivity index (χ2v) is 6.25. The molecule has 18 heavy (non-hydrogen) atoms. The number of hydrogen-bond acceptors (Lipinski definition) is 3. The minimum Gasteiger partial charge on any atom is -0.468 e. The molecule has 1 fully saturated rings. The zero-order valence-electron chi connectivity index (χ0n) is 12.0. The normalized spacial score (nSPS) is 20.8. The van der Waals surface area contributed by atoms with Crippen molar-refractivity contribution in [3.8, 4) is 0 Å². The van der Waals surface area contributed by atoms with Crippen LogP contribution in [0.4, 0.5) is 0 Å². The van der Waals surface area contributed by atoms with Crippen molar-refractivity contribution in [2.75, 3.05) is 20.1 Å². The number of hydrogen-bond donors (Lipinski definition) is 1. The summed E-state index contributed by atoms with van der Waals surface area (Å²) in [5.74, 6) is 1.10. The summed E-state index contributed by atoms with van der Waals surface area (Å²) in [4.78, 5) is 2.52. The first-order chi connectivity index (χ1) is 8.59. The lowest BCUT2D eigenvalue weighted by molar-refractivity contribution is 0.238. The van der Waals surface area contributed by atoms with Crippen LogP contribution in [-0.2, 0) is 13.1 Å². The van der Waals surface area contributed by atoms with Crippen molar-refractivity contribution >= 4 is 0 Å². The van der Waals surface area contributed by atoms with Gasteiger partial charge in [-0.3, -0.25) is 4.90 Å². The molecule has 2 rings (SSSR count). The van der Waals surface area contributed by atoms with E-state index in [9.17, 15) is 0 Å². The van der Waals surface area contributed by atoms with Gasteiger partial charge >= 0.3 is 0 Å². The smallest absolute Gasteiger partial charge is 0.118 e. The number of furan rings is 1. The molecule has 2 heterocycles. The van der Waals surface area contributed by atoms with E-state index in [4.69, 9.17) is 4.42 Å². The van der Waals surface area contributed by atoms with E-state index in [1.54, 1.807) is 0 Å². The molecule has 3 nitrogen and oxygen atoms in total. The summed E-state index contributed by atoms with van der Waals surface area (Å²) in [6, 6.07) is 2.17. The summed E-state index contributed by atoms with van der Waals surface area (Å²) < 4.78 is 5.63. The Morgan fingerprint density at radius 3 is 2.94 bits per heavy atom. The molecule has 0 aromatic carbocycles. The second-order valence-electron chi connectivity index (χ2n) is 6.25. The summed E-state index contributed by atoms with van der Waals surface area (Å²) in [5.41, 5.74) is 1.75. The van der Waals surface area contributed by atoms with Gasteiger partial charge in [0.1, 0.15) is 5.76 Å². The van der Waals surface area contributed by atoms with Crippen molar-refractivity contribution in [2.45, 2.75) is 46.2 Å². The highest BCUT2D eigenvalue weighted by Gasteiger charge is 2.23. The summed E-state index contributed by atoms with van der Waals surface area (Å²) in [6.45, 7) is 9.00. The molecule has 1 saturated heterocycles. The van der Waals surface area contributed by atoms with Crippen molar-refractivity contribution in [1.82, 2.24) is 10.2 Å². The molecule has 1 aliphatic heterocycles. The van der Waals surface area contributed by atoms with Gasteiger partial charge in [0.05, 0.1) is 12.8 Å². The fourth-order valence-electron chi connectivity index (χ4n) is 2.66. The van der Waals surface area contributed by atoms with E-state index in [0.717, 1.165) is 18.8 Å². The van der Waals surface area contributed by atoms with E-state index in [1.165, 1.54) is 37.9 Å². The predicted octanol–water partition coefficient (Wildman–Crippen LogP) is 3.01. The summed E-state index contributed by atoms with van der Waals surface area (Å²) in [7, 11) is 1.96. The maximum Gasteiger partial charge on any atom is 0.118 e. The van der Waals surface area contributed by atoms with Crippen LogP contribution >= 0.6 is 0 Å². The minimum absolute atomic E-state index is 0.509. The average molecular weight is 250 g/mol. The number of nitrogens with one attached hydrogen (secondary N) is 1. The van der Waals surface area contributed by atoms with Gasteiger partial charge in [0, 0.05) is 12.1 Å². The van der Waals surface area contributed by atoms with E-state index < -0.39 is 0 Å². The van der Waals surface area contributed by atoms with Crippen molar-refractivity contribution in [3.63, 3.8) is 0 Å². The summed E-state index contributed by atoms with van der Waals surface area (Å²) in [5, 5.41) is 3.15. The van der Waals surface area contributed by atoms with E-state index in [0.29, 0.717) is 5.41 Å². The van der Waals surface area contributed by atoms with Gasteiger partial charge in [-0.15, -0.1) is 0 Å². The van der Waals surface area contributed by atoms with Gasteiger partial charge in [0.2, 0.25) is 0 Å². The topological polar surface area (TPSA) is 28.4 Å². The SMILES string of the molecule is CNCc1coc(CN2CCCC(C)(C)CC2)c1. The van der Waals surface area contributed by atoms with Gasteiger partial charge in [-0.25, -0.2) is 0 Å². The van der Waals surface area contributed by atoms with Crippen molar-refractivity contribution < 1.29 is 4.42 Å². The summed E-state index contributed by atoms with van der Waals surface area (Å²) >= 11 is 0. The molecular weight excluding hydrogens is 224 g/mol. The quantitative estimate of drug-likeness (QED) is 0.890. The standard InChI is InChI=1S/C15H26N2O/c1-15(2)5-4-7-17(8-6-15)11-14-9-13(10-16-3)12-18-14/h9,12,16H,4-8,10-11H2,1-3H3. The third kappa shape index (κ3) is 3.85. The Labute approximate surface area is 111 Å². The zero-order valence-corrected chi connectivity index (χ0v) is 12.0. The van der Waals surface area contributed by atoms with Crippen LogP contribution in [0, 0.1) is 5.41 Å². The third-order valence-corrected chi connectivity index (χ3v) is 3.90. The Balaban J connectivity index is 1.88. The Morgan fingerprint density at radius 1 is 1.33 bits per heavy atom. The largest absolute Gasteiger partial charge is 0.468 e. The van der Waals surface area contributed by atoms with Crippen molar-refractivity contribution in [3.05, 3.63) is 23.7 Å². The van der Waals surface area contributed by atoms with Crippen LogP contribution in [0.3, 0.4) is 0 Å². The maximum absolute atomic E-state index is 5.63. The van der Waals surface area contributed by atoms with Crippen LogP contribution < -0.4 is 5.32 Å². The highest BCUT2D eigenvalue weighted by molar-refractivity contribution is 5.12. The fraction of sp³-hybridized carbons (Fsp3) is 0.733. The van der Waals surface area contributed by atoms with Crippen LogP contribution in [-0.4, -0.2) is 25.0 Å². The van der Waals surface area contributed by atoms with Crippen molar-refractivity contribution in [1.29, 1.82) is 0 Å². The van der Waals surface area contributed by atoms with E-state index in [1.807, 2.05) is 13.3 Å². The molecular formula is C15H26N2O. The lowest BCUT2D eigenvalue weighted by Gasteiger charge is -2.22. The molecule has 1 aromatic heterocycles. The molecule has 1 aromatic rings. The Kier molecular flexibility index (Phi) is 4.46. The minimum atomic E-state index is 0.509. The molecule has 3 heteroatoms. The first-order valence-corrected chi connectivity index (χ1v) is 7.02. The number of nitrogens with zero attached hydrogens (tertiary/aromatic N) is 1. The lowest BCUT2D eigenvalue weighted by Crippen LogP contribution is -2.24. The second kappa shape index (κ2) is 5.89.